The number of rotatable bonds is 6. The third-order valence-corrected chi connectivity index (χ3v) is 10.3. The van der Waals surface area contributed by atoms with Gasteiger partial charge in [-0.2, -0.15) is 0 Å². The van der Waals surface area contributed by atoms with E-state index in [1.807, 2.05) is 12.1 Å². The fourth-order valence-electron chi connectivity index (χ4n) is 7.68. The van der Waals surface area contributed by atoms with Crippen LogP contribution in [-0.2, 0) is 6.42 Å². The van der Waals surface area contributed by atoms with E-state index in [9.17, 15) is 15.3 Å². The zero-order chi connectivity index (χ0) is 40.9. The number of nitrogens with one attached hydrogen (secondary N) is 2. The van der Waals surface area contributed by atoms with Crippen LogP contribution >= 0.6 is 0 Å². The van der Waals surface area contributed by atoms with E-state index in [0.29, 0.717) is 67.0 Å². The number of terminal acetylenes is 1. The normalized spacial score (nSPS) is 11.9. The number of H-pyrrole nitrogens is 2. The van der Waals surface area contributed by atoms with Gasteiger partial charge >= 0.3 is 0 Å². The van der Waals surface area contributed by atoms with Crippen molar-refractivity contribution in [2.24, 2.45) is 0 Å². The number of halogens is 4. The lowest BCUT2D eigenvalue weighted by Crippen LogP contribution is -2.07. The van der Waals surface area contributed by atoms with Gasteiger partial charge in [0, 0.05) is 56.3 Å². The van der Waals surface area contributed by atoms with Gasteiger partial charge in [-0.1, -0.05) is 36.4 Å². The fourth-order valence-corrected chi connectivity index (χ4v) is 7.68. The van der Waals surface area contributed by atoms with Crippen LogP contribution in [0.15, 0.2) is 97.1 Å². The lowest BCUT2D eigenvalue weighted by atomic mass is 9.97. The molecular weight excluding hydrogens is 757 g/mol. The highest BCUT2D eigenvalue weighted by molar-refractivity contribution is 6.00. The van der Waals surface area contributed by atoms with Crippen LogP contribution in [0, 0.1) is 35.6 Å². The zero-order valence-electron chi connectivity index (χ0n) is 30.8. The van der Waals surface area contributed by atoms with E-state index in [0.717, 1.165) is 0 Å². The molecule has 0 radical (unpaired) electrons. The molecule has 0 saturated heterocycles. The van der Waals surface area contributed by atoms with Crippen LogP contribution in [0.1, 0.15) is 34.8 Å². The van der Waals surface area contributed by atoms with Crippen LogP contribution in [0.5, 0.6) is 17.2 Å². The van der Waals surface area contributed by atoms with E-state index in [2.05, 4.69) is 15.9 Å². The number of aromatic amines is 2. The molecule has 7 aromatic rings. The van der Waals surface area contributed by atoms with Crippen LogP contribution < -0.4 is 0 Å². The molecule has 59 heavy (non-hydrogen) atoms. The number of phenolic OH excluding ortho intramolecular Hbond substituents is 3. The SMILES string of the molecule is C#CCCc1c(F)c(F)c(-c2c3nc(c(-c4cccc(O)c4)c4ccc([nH]4)c(-c4cccc(O)c4)c4nc(c(-c5cccc(O)c5)c5ccc2[nH]5)C=C4)C=C3)c(F)c1F. The standard InChI is InChI=1S/C48H30F4N4O3/c1-2-3-13-31-45(49)47(51)44(48(52)46(31)50)43-38-20-18-36(55-38)41(26-8-5-11-29(58)23-26)34-16-14-32(53-34)40(25-7-4-10-28(57)22-25)33-15-17-35(54-33)42(37-19-21-39(43)56-37)27-9-6-12-30(59)24-27/h1,4-12,14-24,53,56-59H,3,13H2. The molecule has 5 N–H and O–H groups in total. The first-order chi connectivity index (χ1) is 28.6. The van der Waals surface area contributed by atoms with Gasteiger partial charge in [0.05, 0.1) is 28.3 Å². The summed E-state index contributed by atoms with van der Waals surface area (Å²) in [6.07, 6.45) is 11.4. The molecule has 0 amide bonds. The van der Waals surface area contributed by atoms with E-state index in [1.54, 1.807) is 72.8 Å². The van der Waals surface area contributed by atoms with Gasteiger partial charge < -0.3 is 25.3 Å². The molecule has 3 aromatic heterocycles. The summed E-state index contributed by atoms with van der Waals surface area (Å²) in [6.45, 7) is 0. The summed E-state index contributed by atoms with van der Waals surface area (Å²) in [5, 5.41) is 31.8. The van der Waals surface area contributed by atoms with Gasteiger partial charge in [0.2, 0.25) is 0 Å². The van der Waals surface area contributed by atoms with Gasteiger partial charge in [-0.15, -0.1) is 12.3 Å². The predicted molar refractivity (Wildman–Crippen MR) is 223 cm³/mol. The highest BCUT2D eigenvalue weighted by Gasteiger charge is 2.29. The largest absolute Gasteiger partial charge is 0.508 e. The molecule has 0 aliphatic carbocycles. The Labute approximate surface area is 334 Å². The number of fused-ring (bicyclic) bond motifs is 8. The van der Waals surface area contributed by atoms with Crippen LogP contribution in [0.3, 0.4) is 0 Å². The van der Waals surface area contributed by atoms with Crippen molar-refractivity contribution in [3.63, 3.8) is 0 Å². The Kier molecular flexibility index (Phi) is 9.09. The first-order valence-electron chi connectivity index (χ1n) is 18.4. The van der Waals surface area contributed by atoms with Gasteiger partial charge in [0.15, 0.2) is 23.3 Å². The summed E-state index contributed by atoms with van der Waals surface area (Å²) in [5.74, 6) is -4.18. The molecular formula is C48H30F4N4O3. The molecule has 0 unspecified atom stereocenters. The van der Waals surface area contributed by atoms with E-state index >= 15 is 17.6 Å². The second-order valence-corrected chi connectivity index (χ2v) is 14.0. The van der Waals surface area contributed by atoms with Crippen molar-refractivity contribution in [1.82, 2.24) is 19.9 Å². The van der Waals surface area contributed by atoms with Crippen molar-refractivity contribution in [2.75, 3.05) is 0 Å². The third-order valence-electron chi connectivity index (χ3n) is 10.3. The fraction of sp³-hybridized carbons (Fsp3) is 0.0417. The minimum atomic E-state index is -1.62. The minimum absolute atomic E-state index is 0.0301. The topological polar surface area (TPSA) is 118 Å². The summed E-state index contributed by atoms with van der Waals surface area (Å²) in [5.41, 5.74) is 3.99. The van der Waals surface area contributed by atoms with Crippen molar-refractivity contribution in [3.05, 3.63) is 149 Å². The van der Waals surface area contributed by atoms with Crippen molar-refractivity contribution in [2.45, 2.75) is 12.8 Å². The molecule has 0 fully saturated rings. The summed E-state index contributed by atoms with van der Waals surface area (Å²) in [7, 11) is 0. The highest BCUT2D eigenvalue weighted by Crippen LogP contribution is 2.41. The molecule has 9 rings (SSSR count). The number of aromatic nitrogens is 4. The number of benzene rings is 4. The van der Waals surface area contributed by atoms with Gasteiger partial charge in [0.1, 0.15) is 17.2 Å². The van der Waals surface area contributed by atoms with E-state index in [4.69, 9.17) is 16.4 Å². The molecule has 8 bridgehead atoms. The Bertz CT molecular complexity index is 3100. The van der Waals surface area contributed by atoms with Crippen LogP contribution in [0.2, 0.25) is 0 Å². The Morgan fingerprint density at radius 1 is 0.475 bits per heavy atom. The first-order valence-corrected chi connectivity index (χ1v) is 18.4. The molecule has 11 heteroatoms. The molecule has 5 heterocycles. The molecule has 4 aromatic carbocycles. The van der Waals surface area contributed by atoms with Crippen LogP contribution in [0.4, 0.5) is 17.6 Å². The molecule has 0 atom stereocenters. The quantitative estimate of drug-likeness (QED) is 0.0653. The van der Waals surface area contributed by atoms with Gasteiger partial charge in [0.25, 0.3) is 0 Å². The number of hydrogen-bond acceptors (Lipinski definition) is 5. The number of nitrogens with zero attached hydrogens (tertiary/aromatic N) is 2. The monoisotopic (exact) mass is 786 g/mol. The van der Waals surface area contributed by atoms with Crippen molar-refractivity contribution in [1.29, 1.82) is 0 Å². The number of aromatic hydroxyl groups is 3. The van der Waals surface area contributed by atoms with Crippen molar-refractivity contribution >= 4 is 46.4 Å². The molecule has 2 aliphatic rings. The smallest absolute Gasteiger partial charge is 0.170 e. The summed E-state index contributed by atoms with van der Waals surface area (Å²) in [6, 6.07) is 26.4. The summed E-state index contributed by atoms with van der Waals surface area (Å²) >= 11 is 0. The molecule has 7 nitrogen and oxygen atoms in total. The minimum Gasteiger partial charge on any atom is -0.508 e. The summed E-state index contributed by atoms with van der Waals surface area (Å²) < 4.78 is 64.4. The Hall–Kier alpha value is -7.84. The molecule has 2 aliphatic heterocycles. The van der Waals surface area contributed by atoms with E-state index in [1.165, 1.54) is 36.4 Å². The van der Waals surface area contributed by atoms with Gasteiger partial charge in [-0.25, -0.2) is 27.5 Å². The number of phenols is 3. The zero-order valence-corrected chi connectivity index (χ0v) is 30.8. The highest BCUT2D eigenvalue weighted by atomic mass is 19.2. The summed E-state index contributed by atoms with van der Waals surface area (Å²) in [4.78, 5) is 16.6. The van der Waals surface area contributed by atoms with E-state index < -0.39 is 40.8 Å². The Morgan fingerprint density at radius 2 is 0.831 bits per heavy atom. The van der Waals surface area contributed by atoms with Gasteiger partial charge in [-0.05, 0) is 108 Å². The second kappa shape index (κ2) is 14.6. The Balaban J connectivity index is 1.49. The lowest BCUT2D eigenvalue weighted by Gasteiger charge is -2.13. The van der Waals surface area contributed by atoms with E-state index in [-0.39, 0.29) is 40.4 Å². The predicted octanol–water partition coefficient (Wildman–Crippen LogP) is 11.6. The Morgan fingerprint density at radius 3 is 1.19 bits per heavy atom. The van der Waals surface area contributed by atoms with Crippen LogP contribution in [0.25, 0.3) is 90.9 Å². The lowest BCUT2D eigenvalue weighted by molar-refractivity contribution is 0.443. The van der Waals surface area contributed by atoms with Crippen LogP contribution in [-0.4, -0.2) is 35.3 Å². The second-order valence-electron chi connectivity index (χ2n) is 14.0. The van der Waals surface area contributed by atoms with Gasteiger partial charge in [-0.3, -0.25) is 0 Å². The maximum atomic E-state index is 16.4. The number of hydrogen-bond donors (Lipinski definition) is 5. The molecule has 288 valence electrons. The average molecular weight is 787 g/mol. The third kappa shape index (κ3) is 6.46. The average Bonchev–Trinajstić information content (AvgIpc) is 4.06. The van der Waals surface area contributed by atoms with Crippen molar-refractivity contribution < 1.29 is 32.9 Å². The first kappa shape index (κ1) is 36.8. The molecule has 0 saturated carbocycles. The van der Waals surface area contributed by atoms with Crippen molar-refractivity contribution in [3.8, 4) is 74.1 Å². The maximum Gasteiger partial charge on any atom is 0.170 e. The maximum absolute atomic E-state index is 16.4. The molecule has 0 spiro atoms.